The van der Waals surface area contributed by atoms with E-state index < -0.39 is 23.8 Å². The first-order valence-electron chi connectivity index (χ1n) is 3.75. The molecule has 1 fully saturated rings. The van der Waals surface area contributed by atoms with Crippen LogP contribution < -0.4 is 0 Å². The Hall–Kier alpha value is -1.33. The molecule has 0 radical (unpaired) electrons. The Morgan fingerprint density at radius 3 is 2.38 bits per heavy atom. The van der Waals surface area contributed by atoms with Crippen molar-refractivity contribution in [2.45, 2.75) is 25.1 Å². The topological polar surface area (TPSA) is 77.8 Å². The molecule has 0 aromatic rings. The van der Waals surface area contributed by atoms with Gasteiger partial charge in [-0.15, -0.1) is 0 Å². The van der Waals surface area contributed by atoms with Gasteiger partial charge in [0, 0.05) is 6.42 Å². The number of likely N-dealkylation sites (tertiary alicyclic amines) is 1. The highest BCUT2D eigenvalue weighted by molar-refractivity contribution is 5.80. The summed E-state index contributed by atoms with van der Waals surface area (Å²) in [6, 6.07) is -1.26. The highest BCUT2D eigenvalue weighted by Crippen LogP contribution is 2.30. The van der Waals surface area contributed by atoms with E-state index in [9.17, 15) is 14.0 Å². The smallest absolute Gasteiger partial charge is 0.408 e. The lowest BCUT2D eigenvalue weighted by Crippen LogP contribution is -2.39. The Kier molecular flexibility index (Phi) is 2.15. The Bertz CT molecular complexity index is 229. The van der Waals surface area contributed by atoms with Crippen LogP contribution in [0.1, 0.15) is 13.3 Å². The third kappa shape index (κ3) is 1.88. The predicted molar refractivity (Wildman–Crippen MR) is 40.3 cm³/mol. The van der Waals surface area contributed by atoms with Crippen LogP contribution >= 0.6 is 0 Å². The number of aliphatic carboxylic acids is 1. The summed E-state index contributed by atoms with van der Waals surface area (Å²) in [6.07, 6.45) is -1.68. The molecule has 0 aromatic heterocycles. The number of carboxylic acid groups (broad SMARTS) is 2. The lowest BCUT2D eigenvalue weighted by atomic mass is 10.1. The van der Waals surface area contributed by atoms with Crippen LogP contribution in [0.5, 0.6) is 0 Å². The van der Waals surface area contributed by atoms with Crippen molar-refractivity contribution in [1.29, 1.82) is 0 Å². The molecule has 0 aromatic carbocycles. The van der Waals surface area contributed by atoms with Gasteiger partial charge in [-0.1, -0.05) is 0 Å². The number of carbonyl (C=O) groups is 2. The minimum Gasteiger partial charge on any atom is -0.480 e. The highest BCUT2D eigenvalue weighted by Gasteiger charge is 2.46. The molecule has 5 nitrogen and oxygen atoms in total. The van der Waals surface area contributed by atoms with Crippen molar-refractivity contribution in [3.05, 3.63) is 0 Å². The molecule has 2 N–H and O–H groups in total. The number of hydrogen-bond donors (Lipinski definition) is 2. The minimum absolute atomic E-state index is 0.283. The minimum atomic E-state index is -1.73. The largest absolute Gasteiger partial charge is 0.480 e. The molecule has 0 saturated carbocycles. The maximum absolute atomic E-state index is 13.3. The first kappa shape index (κ1) is 9.76. The summed E-state index contributed by atoms with van der Waals surface area (Å²) in [5, 5.41) is 17.2. The fraction of sp³-hybridized carbons (Fsp3) is 0.714. The summed E-state index contributed by atoms with van der Waals surface area (Å²) in [4.78, 5) is 21.6. The molecule has 1 amide bonds. The van der Waals surface area contributed by atoms with E-state index in [0.29, 0.717) is 4.90 Å². The molecule has 1 saturated heterocycles. The van der Waals surface area contributed by atoms with Gasteiger partial charge in [0.1, 0.15) is 11.7 Å². The Morgan fingerprint density at radius 2 is 2.08 bits per heavy atom. The van der Waals surface area contributed by atoms with Crippen LogP contribution in [0.25, 0.3) is 0 Å². The van der Waals surface area contributed by atoms with Crippen molar-refractivity contribution in [2.24, 2.45) is 0 Å². The third-order valence-electron chi connectivity index (χ3n) is 2.03. The third-order valence-corrected chi connectivity index (χ3v) is 2.03. The summed E-state index contributed by atoms with van der Waals surface area (Å²) in [7, 11) is 0. The molecule has 0 bridgehead atoms. The summed E-state index contributed by atoms with van der Waals surface area (Å²) in [5.74, 6) is -1.30. The quantitative estimate of drug-likeness (QED) is 0.634. The first-order valence-corrected chi connectivity index (χ1v) is 3.75. The van der Waals surface area contributed by atoms with Gasteiger partial charge < -0.3 is 10.2 Å². The number of hydrogen-bond acceptors (Lipinski definition) is 2. The summed E-state index contributed by atoms with van der Waals surface area (Å²) in [6.45, 7) is 0.825. The molecule has 13 heavy (non-hydrogen) atoms. The Balaban J connectivity index is 2.83. The van der Waals surface area contributed by atoms with Crippen LogP contribution in [0.15, 0.2) is 0 Å². The van der Waals surface area contributed by atoms with Crippen LogP contribution in [0, 0.1) is 0 Å². The van der Waals surface area contributed by atoms with E-state index in [-0.39, 0.29) is 13.0 Å². The number of halogens is 1. The van der Waals surface area contributed by atoms with Crippen LogP contribution in [0.3, 0.4) is 0 Å². The summed E-state index contributed by atoms with van der Waals surface area (Å²) < 4.78 is 13.3. The first-order chi connectivity index (χ1) is 5.83. The van der Waals surface area contributed by atoms with Gasteiger partial charge in [0.2, 0.25) is 0 Å². The van der Waals surface area contributed by atoms with Gasteiger partial charge in [-0.2, -0.15) is 0 Å². The van der Waals surface area contributed by atoms with E-state index in [1.165, 1.54) is 6.92 Å². The van der Waals surface area contributed by atoms with Crippen molar-refractivity contribution in [1.82, 2.24) is 4.90 Å². The SMILES string of the molecule is C[C@@]1(F)C[C@@H](C(=O)O)N(C(=O)O)C1. The number of nitrogens with zero attached hydrogens (tertiary/aromatic N) is 1. The zero-order valence-corrected chi connectivity index (χ0v) is 7.03. The van der Waals surface area contributed by atoms with E-state index in [2.05, 4.69) is 0 Å². The van der Waals surface area contributed by atoms with Gasteiger partial charge in [0.15, 0.2) is 0 Å². The molecule has 2 atom stereocenters. The molecule has 0 aliphatic carbocycles. The number of carboxylic acids is 1. The molecule has 1 heterocycles. The van der Waals surface area contributed by atoms with Crippen LogP contribution in [-0.4, -0.2) is 45.4 Å². The molecular weight excluding hydrogens is 181 g/mol. The highest BCUT2D eigenvalue weighted by atomic mass is 19.1. The van der Waals surface area contributed by atoms with Crippen LogP contribution in [0.2, 0.25) is 0 Å². The van der Waals surface area contributed by atoms with E-state index in [0.717, 1.165) is 0 Å². The number of alkyl halides is 1. The Labute approximate surface area is 73.8 Å². The molecule has 1 aliphatic rings. The second kappa shape index (κ2) is 2.86. The van der Waals surface area contributed by atoms with Crippen molar-refractivity contribution in [2.75, 3.05) is 6.54 Å². The number of amides is 1. The zero-order chi connectivity index (χ0) is 10.2. The maximum atomic E-state index is 13.3. The van der Waals surface area contributed by atoms with E-state index in [1.54, 1.807) is 0 Å². The van der Waals surface area contributed by atoms with Crippen LogP contribution in [-0.2, 0) is 4.79 Å². The van der Waals surface area contributed by atoms with E-state index in [1.807, 2.05) is 0 Å². The summed E-state index contributed by atoms with van der Waals surface area (Å²) >= 11 is 0. The van der Waals surface area contributed by atoms with Crippen molar-refractivity contribution in [3.63, 3.8) is 0 Å². The van der Waals surface area contributed by atoms with Gasteiger partial charge in [-0.3, -0.25) is 4.90 Å². The average molecular weight is 191 g/mol. The second-order valence-corrected chi connectivity index (χ2v) is 3.38. The zero-order valence-electron chi connectivity index (χ0n) is 7.03. The predicted octanol–water partition coefficient (Wildman–Crippen LogP) is 0.552. The molecule has 6 heteroatoms. The molecule has 0 unspecified atom stereocenters. The van der Waals surface area contributed by atoms with E-state index >= 15 is 0 Å². The van der Waals surface area contributed by atoms with Gasteiger partial charge >= 0.3 is 12.1 Å². The monoisotopic (exact) mass is 191 g/mol. The molecule has 74 valence electrons. The maximum Gasteiger partial charge on any atom is 0.408 e. The lowest BCUT2D eigenvalue weighted by molar-refractivity contribution is -0.141. The molecular formula is C7H10FNO4. The fourth-order valence-electron chi connectivity index (χ4n) is 1.46. The summed E-state index contributed by atoms with van der Waals surface area (Å²) in [5.41, 5.74) is -1.73. The van der Waals surface area contributed by atoms with Crippen molar-refractivity contribution in [3.8, 4) is 0 Å². The standard InChI is InChI=1S/C7H10FNO4/c1-7(8)2-4(5(10)11)9(3-7)6(12)13/h4H,2-3H2,1H3,(H,10,11)(H,12,13)/t4-,7+/m0/s1. The van der Waals surface area contributed by atoms with Crippen molar-refractivity contribution >= 4 is 12.1 Å². The van der Waals surface area contributed by atoms with Gasteiger partial charge in [0.25, 0.3) is 0 Å². The van der Waals surface area contributed by atoms with Crippen molar-refractivity contribution < 1.29 is 24.2 Å². The molecule has 1 aliphatic heterocycles. The number of rotatable bonds is 1. The fourth-order valence-corrected chi connectivity index (χ4v) is 1.46. The average Bonchev–Trinajstić information content (AvgIpc) is 2.26. The van der Waals surface area contributed by atoms with Gasteiger partial charge in [-0.05, 0) is 6.92 Å². The molecule has 0 spiro atoms. The van der Waals surface area contributed by atoms with Gasteiger partial charge in [-0.25, -0.2) is 14.0 Å². The van der Waals surface area contributed by atoms with Crippen LogP contribution in [0.4, 0.5) is 9.18 Å². The normalized spacial score (nSPS) is 33.4. The van der Waals surface area contributed by atoms with E-state index in [4.69, 9.17) is 10.2 Å². The van der Waals surface area contributed by atoms with Gasteiger partial charge in [0.05, 0.1) is 6.54 Å². The molecule has 1 rings (SSSR count). The lowest BCUT2D eigenvalue weighted by Gasteiger charge is -2.16. The second-order valence-electron chi connectivity index (χ2n) is 3.38. The Morgan fingerprint density at radius 1 is 1.54 bits per heavy atom.